The zero-order valence-electron chi connectivity index (χ0n) is 18.4. The van der Waals surface area contributed by atoms with E-state index in [0.717, 1.165) is 24.9 Å². The first kappa shape index (κ1) is 19.6. The van der Waals surface area contributed by atoms with Gasteiger partial charge in [0.15, 0.2) is 0 Å². The molecule has 0 atom stereocenters. The van der Waals surface area contributed by atoms with Crippen molar-refractivity contribution in [3.63, 3.8) is 0 Å². The average molecular weight is 404 g/mol. The van der Waals surface area contributed by atoms with Crippen molar-refractivity contribution >= 4 is 11.4 Å². The predicted molar refractivity (Wildman–Crippen MR) is 132 cm³/mol. The van der Waals surface area contributed by atoms with Crippen LogP contribution < -0.4 is 5.32 Å². The summed E-state index contributed by atoms with van der Waals surface area (Å²) in [5.41, 5.74) is 11.0. The van der Waals surface area contributed by atoms with Crippen molar-refractivity contribution in [1.82, 2.24) is 0 Å². The summed E-state index contributed by atoms with van der Waals surface area (Å²) >= 11 is 0. The van der Waals surface area contributed by atoms with Gasteiger partial charge in [-0.3, -0.25) is 0 Å². The van der Waals surface area contributed by atoms with Crippen LogP contribution in [0.4, 0.5) is 11.4 Å². The van der Waals surface area contributed by atoms with Crippen molar-refractivity contribution in [2.75, 3.05) is 5.32 Å². The van der Waals surface area contributed by atoms with E-state index in [9.17, 15) is 0 Å². The van der Waals surface area contributed by atoms with Crippen LogP contribution in [0, 0.1) is 0 Å². The molecule has 0 heterocycles. The van der Waals surface area contributed by atoms with E-state index in [4.69, 9.17) is 0 Å². The second kappa shape index (κ2) is 8.07. The normalized spacial score (nSPS) is 13.5. The number of hydrogen-bond acceptors (Lipinski definition) is 1. The van der Waals surface area contributed by atoms with Gasteiger partial charge in [-0.05, 0) is 70.8 Å². The molecule has 1 aliphatic carbocycles. The zero-order valence-corrected chi connectivity index (χ0v) is 18.4. The lowest BCUT2D eigenvalue weighted by Crippen LogP contribution is -2.25. The standard InChI is InChI=1S/C30H29N/c1-3-30(4-2)27-18-12-11-17-24(27)25-19-20-28(31-23-15-9-6-10-16-23)26(29(25)30)21-22-13-7-5-8-14-22/h5-20,31H,3-4,21H2,1-2H3. The van der Waals surface area contributed by atoms with Gasteiger partial charge in [0, 0.05) is 16.8 Å². The highest BCUT2D eigenvalue weighted by Gasteiger charge is 2.42. The number of fused-ring (bicyclic) bond motifs is 3. The van der Waals surface area contributed by atoms with Crippen LogP contribution in [-0.2, 0) is 11.8 Å². The zero-order chi connectivity index (χ0) is 21.3. The minimum Gasteiger partial charge on any atom is -0.355 e. The molecule has 1 N–H and O–H groups in total. The highest BCUT2D eigenvalue weighted by Crippen LogP contribution is 2.55. The Bertz CT molecular complexity index is 1190. The first-order valence-corrected chi connectivity index (χ1v) is 11.4. The molecule has 0 saturated heterocycles. The van der Waals surface area contributed by atoms with Gasteiger partial charge in [0.2, 0.25) is 0 Å². The minimum atomic E-state index is 0.0599. The van der Waals surface area contributed by atoms with Crippen molar-refractivity contribution in [2.45, 2.75) is 38.5 Å². The topological polar surface area (TPSA) is 12.0 Å². The van der Waals surface area contributed by atoms with Crippen LogP contribution in [0.2, 0.25) is 0 Å². The molecule has 0 aromatic heterocycles. The molecule has 5 rings (SSSR count). The maximum absolute atomic E-state index is 3.74. The molecule has 0 aliphatic heterocycles. The van der Waals surface area contributed by atoms with Gasteiger partial charge in [0.25, 0.3) is 0 Å². The maximum atomic E-state index is 3.74. The largest absolute Gasteiger partial charge is 0.355 e. The maximum Gasteiger partial charge on any atom is 0.0423 e. The summed E-state index contributed by atoms with van der Waals surface area (Å²) in [7, 11) is 0. The van der Waals surface area contributed by atoms with E-state index in [2.05, 4.69) is 116 Å². The van der Waals surface area contributed by atoms with E-state index in [1.165, 1.54) is 39.1 Å². The molecule has 1 aliphatic rings. The summed E-state index contributed by atoms with van der Waals surface area (Å²) in [5.74, 6) is 0. The van der Waals surface area contributed by atoms with Crippen LogP contribution in [0.3, 0.4) is 0 Å². The molecule has 0 radical (unpaired) electrons. The van der Waals surface area contributed by atoms with Gasteiger partial charge in [-0.25, -0.2) is 0 Å². The third-order valence-corrected chi connectivity index (χ3v) is 7.01. The van der Waals surface area contributed by atoms with E-state index >= 15 is 0 Å². The molecule has 154 valence electrons. The number of nitrogens with one attached hydrogen (secondary N) is 1. The second-order valence-electron chi connectivity index (χ2n) is 8.50. The lowest BCUT2D eigenvalue weighted by Gasteiger charge is -2.32. The Balaban J connectivity index is 1.75. The minimum absolute atomic E-state index is 0.0599. The monoisotopic (exact) mass is 403 g/mol. The van der Waals surface area contributed by atoms with Gasteiger partial charge in [-0.15, -0.1) is 0 Å². The summed E-state index contributed by atoms with van der Waals surface area (Å²) in [6.45, 7) is 4.69. The average Bonchev–Trinajstić information content (AvgIpc) is 3.12. The summed E-state index contributed by atoms with van der Waals surface area (Å²) in [4.78, 5) is 0. The Kier molecular flexibility index (Phi) is 5.11. The molecule has 0 fully saturated rings. The molecule has 31 heavy (non-hydrogen) atoms. The summed E-state index contributed by atoms with van der Waals surface area (Å²) in [5, 5.41) is 3.74. The van der Waals surface area contributed by atoms with Gasteiger partial charge in [-0.1, -0.05) is 92.7 Å². The van der Waals surface area contributed by atoms with Gasteiger partial charge >= 0.3 is 0 Å². The van der Waals surface area contributed by atoms with Crippen LogP contribution in [0.25, 0.3) is 11.1 Å². The molecule has 1 nitrogen and oxygen atoms in total. The lowest BCUT2D eigenvalue weighted by atomic mass is 9.71. The Labute approximate surface area is 185 Å². The van der Waals surface area contributed by atoms with Gasteiger partial charge < -0.3 is 5.32 Å². The van der Waals surface area contributed by atoms with Crippen molar-refractivity contribution in [3.8, 4) is 11.1 Å². The predicted octanol–water partition coefficient (Wildman–Crippen LogP) is 8.11. The molecule has 0 amide bonds. The fourth-order valence-electron chi connectivity index (χ4n) is 5.45. The first-order valence-electron chi connectivity index (χ1n) is 11.4. The van der Waals surface area contributed by atoms with Crippen molar-refractivity contribution in [1.29, 1.82) is 0 Å². The summed E-state index contributed by atoms with van der Waals surface area (Å²) in [6.07, 6.45) is 3.13. The smallest absolute Gasteiger partial charge is 0.0423 e. The Morgan fingerprint density at radius 3 is 2.00 bits per heavy atom. The van der Waals surface area contributed by atoms with Gasteiger partial charge in [0.05, 0.1) is 0 Å². The first-order chi connectivity index (χ1) is 15.3. The molecule has 0 spiro atoms. The Morgan fingerprint density at radius 1 is 0.645 bits per heavy atom. The number of para-hydroxylation sites is 1. The SMILES string of the molecule is CCC1(CC)c2ccccc2-c2ccc(Nc3ccccc3)c(Cc3ccccc3)c21. The van der Waals surface area contributed by atoms with Gasteiger partial charge in [-0.2, -0.15) is 0 Å². The van der Waals surface area contributed by atoms with Gasteiger partial charge in [0.1, 0.15) is 0 Å². The van der Waals surface area contributed by atoms with Crippen LogP contribution in [0.5, 0.6) is 0 Å². The van der Waals surface area contributed by atoms with E-state index in [1.807, 2.05) is 0 Å². The summed E-state index contributed by atoms with van der Waals surface area (Å²) in [6, 6.07) is 35.0. The fourth-order valence-corrected chi connectivity index (χ4v) is 5.45. The molecular formula is C30H29N. The van der Waals surface area contributed by atoms with E-state index in [1.54, 1.807) is 0 Å². The molecule has 0 saturated carbocycles. The summed E-state index contributed by atoms with van der Waals surface area (Å²) < 4.78 is 0. The Morgan fingerprint density at radius 2 is 1.29 bits per heavy atom. The number of rotatable bonds is 6. The van der Waals surface area contributed by atoms with Crippen molar-refractivity contribution in [3.05, 3.63) is 119 Å². The molecule has 4 aromatic rings. The fraction of sp³-hybridized carbons (Fsp3) is 0.200. The molecule has 1 heteroatoms. The van der Waals surface area contributed by atoms with E-state index in [0.29, 0.717) is 0 Å². The van der Waals surface area contributed by atoms with Crippen LogP contribution >= 0.6 is 0 Å². The van der Waals surface area contributed by atoms with Crippen LogP contribution in [0.1, 0.15) is 48.9 Å². The van der Waals surface area contributed by atoms with E-state index in [-0.39, 0.29) is 5.41 Å². The molecular weight excluding hydrogens is 374 g/mol. The lowest BCUT2D eigenvalue weighted by molar-refractivity contribution is 0.487. The molecule has 4 aromatic carbocycles. The highest BCUT2D eigenvalue weighted by atomic mass is 14.9. The molecule has 0 bridgehead atoms. The number of benzene rings is 4. The Hall–Kier alpha value is -3.32. The number of hydrogen-bond donors (Lipinski definition) is 1. The number of anilines is 2. The third kappa shape index (κ3) is 3.25. The van der Waals surface area contributed by atoms with Crippen molar-refractivity contribution < 1.29 is 0 Å². The second-order valence-corrected chi connectivity index (χ2v) is 8.50. The van der Waals surface area contributed by atoms with Crippen LogP contribution in [-0.4, -0.2) is 0 Å². The van der Waals surface area contributed by atoms with E-state index < -0.39 is 0 Å². The third-order valence-electron chi connectivity index (χ3n) is 7.01. The molecule has 0 unspecified atom stereocenters. The van der Waals surface area contributed by atoms with Crippen molar-refractivity contribution in [2.24, 2.45) is 0 Å². The quantitative estimate of drug-likeness (QED) is 0.343. The highest BCUT2D eigenvalue weighted by molar-refractivity contribution is 5.86. The van der Waals surface area contributed by atoms with Crippen LogP contribution in [0.15, 0.2) is 97.1 Å².